The molecule has 0 radical (unpaired) electrons. The van der Waals surface area contributed by atoms with E-state index in [0.717, 1.165) is 30.3 Å². The van der Waals surface area contributed by atoms with Crippen molar-refractivity contribution >= 4 is 27.3 Å². The lowest BCUT2D eigenvalue weighted by Gasteiger charge is -2.14. The minimum atomic E-state index is -3.97. The summed E-state index contributed by atoms with van der Waals surface area (Å²) in [6, 6.07) is 7.87. The van der Waals surface area contributed by atoms with Gasteiger partial charge in [-0.25, -0.2) is 21.6 Å². The van der Waals surface area contributed by atoms with Gasteiger partial charge in [-0.05, 0) is 30.3 Å². The Bertz CT molecular complexity index is 868. The van der Waals surface area contributed by atoms with Crippen molar-refractivity contribution in [2.24, 2.45) is 5.92 Å². The maximum absolute atomic E-state index is 13.5. The Hall–Kier alpha value is -2.55. The molecule has 0 heterocycles. The molecular formula is C16H15F3N2O3S. The number of anilines is 2. The summed E-state index contributed by atoms with van der Waals surface area (Å²) in [6.07, 6.45) is 0. The number of para-hydroxylation sites is 1. The quantitative estimate of drug-likeness (QED) is 0.818. The number of benzene rings is 2. The van der Waals surface area contributed by atoms with Gasteiger partial charge in [-0.2, -0.15) is 0 Å². The molecule has 1 unspecified atom stereocenters. The number of amides is 1. The molecule has 0 aliphatic carbocycles. The van der Waals surface area contributed by atoms with Gasteiger partial charge in [0.25, 0.3) is 0 Å². The molecule has 0 fully saturated rings. The average Bonchev–Trinajstić information content (AvgIpc) is 2.49. The molecule has 0 spiro atoms. The number of nitrogens with one attached hydrogen (secondary N) is 2. The topological polar surface area (TPSA) is 75.3 Å². The monoisotopic (exact) mass is 372 g/mol. The van der Waals surface area contributed by atoms with Crippen LogP contribution in [0.25, 0.3) is 0 Å². The molecule has 0 aromatic heterocycles. The van der Waals surface area contributed by atoms with E-state index in [2.05, 4.69) is 4.72 Å². The summed E-state index contributed by atoms with van der Waals surface area (Å²) in [6.45, 7) is 1.29. The number of hydrogen-bond donors (Lipinski definition) is 2. The summed E-state index contributed by atoms with van der Waals surface area (Å²) in [5.74, 6) is -5.19. The zero-order chi connectivity index (χ0) is 18.6. The van der Waals surface area contributed by atoms with Crippen LogP contribution in [-0.4, -0.2) is 20.1 Å². The second kappa shape index (κ2) is 7.56. The molecule has 1 amide bonds. The third-order valence-corrected chi connectivity index (χ3v) is 4.71. The van der Waals surface area contributed by atoms with E-state index >= 15 is 0 Å². The molecule has 9 heteroatoms. The molecule has 25 heavy (non-hydrogen) atoms. The van der Waals surface area contributed by atoms with Crippen molar-refractivity contribution in [1.29, 1.82) is 0 Å². The maximum atomic E-state index is 13.5. The number of carbonyl (C=O) groups is 1. The fourth-order valence-corrected chi connectivity index (χ4v) is 3.42. The molecule has 2 rings (SSSR count). The average molecular weight is 372 g/mol. The van der Waals surface area contributed by atoms with Gasteiger partial charge in [0, 0.05) is 0 Å². The first kappa shape index (κ1) is 18.8. The van der Waals surface area contributed by atoms with Crippen molar-refractivity contribution in [3.8, 4) is 0 Å². The fourth-order valence-electron chi connectivity index (χ4n) is 2.04. The summed E-state index contributed by atoms with van der Waals surface area (Å²) < 4.78 is 66.4. The first-order chi connectivity index (χ1) is 11.7. The number of rotatable bonds is 6. The van der Waals surface area contributed by atoms with E-state index in [4.69, 9.17) is 0 Å². The van der Waals surface area contributed by atoms with Crippen molar-refractivity contribution in [2.45, 2.75) is 6.92 Å². The van der Waals surface area contributed by atoms with Crippen LogP contribution < -0.4 is 10.0 Å². The van der Waals surface area contributed by atoms with Gasteiger partial charge in [0.2, 0.25) is 15.9 Å². The lowest BCUT2D eigenvalue weighted by Crippen LogP contribution is -2.30. The summed E-state index contributed by atoms with van der Waals surface area (Å²) >= 11 is 0. The molecule has 0 saturated heterocycles. The van der Waals surface area contributed by atoms with Crippen LogP contribution in [0.4, 0.5) is 24.5 Å². The van der Waals surface area contributed by atoms with Gasteiger partial charge in [-0.3, -0.25) is 9.52 Å². The molecule has 5 nitrogen and oxygen atoms in total. The highest BCUT2D eigenvalue weighted by molar-refractivity contribution is 7.92. The Kier molecular flexibility index (Phi) is 5.68. The van der Waals surface area contributed by atoms with Gasteiger partial charge in [-0.1, -0.05) is 19.1 Å². The zero-order valence-electron chi connectivity index (χ0n) is 13.1. The van der Waals surface area contributed by atoms with Crippen molar-refractivity contribution in [3.05, 3.63) is 59.9 Å². The second-order valence-electron chi connectivity index (χ2n) is 5.38. The number of hydrogen-bond acceptors (Lipinski definition) is 3. The first-order valence-electron chi connectivity index (χ1n) is 7.19. The molecule has 134 valence electrons. The normalized spacial score (nSPS) is 12.5. The highest BCUT2D eigenvalue weighted by Crippen LogP contribution is 2.19. The molecule has 2 aromatic rings. The number of halogens is 3. The molecule has 2 N–H and O–H groups in total. The van der Waals surface area contributed by atoms with E-state index in [1.807, 2.05) is 5.32 Å². The van der Waals surface area contributed by atoms with Crippen molar-refractivity contribution in [2.75, 3.05) is 15.8 Å². The van der Waals surface area contributed by atoms with Crippen LogP contribution in [0.2, 0.25) is 0 Å². The van der Waals surface area contributed by atoms with E-state index in [-0.39, 0.29) is 5.69 Å². The van der Waals surface area contributed by atoms with E-state index in [9.17, 15) is 26.4 Å². The molecular weight excluding hydrogens is 357 g/mol. The van der Waals surface area contributed by atoms with Crippen molar-refractivity contribution in [3.63, 3.8) is 0 Å². The molecule has 0 aliphatic rings. The SMILES string of the molecule is CC(CS(=O)(=O)Nc1cccc(F)c1)C(=O)Nc1c(F)cccc1F. The van der Waals surface area contributed by atoms with Crippen LogP contribution in [0.1, 0.15) is 6.92 Å². The summed E-state index contributed by atoms with van der Waals surface area (Å²) in [4.78, 5) is 12.0. The van der Waals surface area contributed by atoms with Gasteiger partial charge in [0.1, 0.15) is 23.1 Å². The van der Waals surface area contributed by atoms with Crippen LogP contribution in [-0.2, 0) is 14.8 Å². The van der Waals surface area contributed by atoms with Gasteiger partial charge in [-0.15, -0.1) is 0 Å². The Labute approximate surface area is 142 Å². The minimum absolute atomic E-state index is 0.00718. The van der Waals surface area contributed by atoms with Crippen LogP contribution in [0.3, 0.4) is 0 Å². The molecule has 1 atom stereocenters. The highest BCUT2D eigenvalue weighted by atomic mass is 32.2. The summed E-state index contributed by atoms with van der Waals surface area (Å²) in [7, 11) is -3.97. The Morgan fingerprint density at radius 1 is 1.08 bits per heavy atom. The van der Waals surface area contributed by atoms with Crippen LogP contribution in [0.15, 0.2) is 42.5 Å². The highest BCUT2D eigenvalue weighted by Gasteiger charge is 2.23. The third-order valence-electron chi connectivity index (χ3n) is 3.23. The fraction of sp³-hybridized carbons (Fsp3) is 0.188. The van der Waals surface area contributed by atoms with Crippen molar-refractivity contribution < 1.29 is 26.4 Å². The van der Waals surface area contributed by atoms with Gasteiger partial charge >= 0.3 is 0 Å². The standard InChI is InChI=1S/C16H15F3N2O3S/c1-10(16(22)20-15-13(18)6-3-7-14(15)19)9-25(23,24)21-12-5-2-4-11(17)8-12/h2-8,10,21H,9H2,1H3,(H,20,22). The third kappa shape index (κ3) is 5.21. The first-order valence-corrected chi connectivity index (χ1v) is 8.84. The molecule has 2 aromatic carbocycles. The predicted octanol–water partition coefficient (Wildman–Crippen LogP) is 3.12. The van der Waals surface area contributed by atoms with Gasteiger partial charge < -0.3 is 5.32 Å². The Balaban J connectivity index is 2.05. The lowest BCUT2D eigenvalue weighted by atomic mass is 10.2. The van der Waals surface area contributed by atoms with Crippen LogP contribution in [0, 0.1) is 23.4 Å². The van der Waals surface area contributed by atoms with Crippen LogP contribution in [0.5, 0.6) is 0 Å². The largest absolute Gasteiger partial charge is 0.321 e. The van der Waals surface area contributed by atoms with Crippen LogP contribution >= 0.6 is 0 Å². The van der Waals surface area contributed by atoms with E-state index in [1.54, 1.807) is 0 Å². The number of carbonyl (C=O) groups excluding carboxylic acids is 1. The Morgan fingerprint density at radius 3 is 2.28 bits per heavy atom. The molecule has 0 aliphatic heterocycles. The van der Waals surface area contributed by atoms with Gasteiger partial charge in [0.15, 0.2) is 0 Å². The summed E-state index contributed by atoms with van der Waals surface area (Å²) in [5, 5.41) is 2.03. The predicted molar refractivity (Wildman–Crippen MR) is 88.0 cm³/mol. The second-order valence-corrected chi connectivity index (χ2v) is 7.15. The summed E-state index contributed by atoms with van der Waals surface area (Å²) in [5.41, 5.74) is -0.636. The van der Waals surface area contributed by atoms with E-state index in [0.29, 0.717) is 0 Å². The molecule has 0 saturated carbocycles. The van der Waals surface area contributed by atoms with E-state index < -0.39 is 50.7 Å². The van der Waals surface area contributed by atoms with Crippen molar-refractivity contribution in [1.82, 2.24) is 0 Å². The number of sulfonamides is 1. The molecule has 0 bridgehead atoms. The zero-order valence-corrected chi connectivity index (χ0v) is 13.9. The maximum Gasteiger partial charge on any atom is 0.233 e. The smallest absolute Gasteiger partial charge is 0.233 e. The van der Waals surface area contributed by atoms with Gasteiger partial charge in [0.05, 0.1) is 17.4 Å². The van der Waals surface area contributed by atoms with E-state index in [1.165, 1.54) is 19.1 Å². The lowest BCUT2D eigenvalue weighted by molar-refractivity contribution is -0.118. The Morgan fingerprint density at radius 2 is 1.68 bits per heavy atom. The minimum Gasteiger partial charge on any atom is -0.321 e.